The molecule has 2 aliphatic rings. The average molecular weight is 585 g/mol. The van der Waals surface area contributed by atoms with Crippen LogP contribution in [0.2, 0.25) is 0 Å². The molecule has 2 aromatic carbocycles. The van der Waals surface area contributed by atoms with Gasteiger partial charge in [0.15, 0.2) is 11.4 Å². The van der Waals surface area contributed by atoms with Crippen LogP contribution in [0.15, 0.2) is 71.3 Å². The molecule has 218 valence electrons. The average Bonchev–Trinajstić information content (AvgIpc) is 3.40. The molecule has 5 aromatic rings. The summed E-state index contributed by atoms with van der Waals surface area (Å²) in [4.78, 5) is 38.3. The molecule has 4 heterocycles. The van der Waals surface area contributed by atoms with E-state index in [1.165, 1.54) is 6.20 Å². The second kappa shape index (κ2) is 11.0. The highest BCUT2D eigenvalue weighted by atomic mass is 19.1. The van der Waals surface area contributed by atoms with E-state index in [0.717, 1.165) is 10.2 Å². The van der Waals surface area contributed by atoms with E-state index in [1.54, 1.807) is 35.2 Å². The van der Waals surface area contributed by atoms with Crippen LogP contribution in [0, 0.1) is 5.92 Å². The summed E-state index contributed by atoms with van der Waals surface area (Å²) in [6, 6.07) is 17.2. The fraction of sp³-hybridized carbons (Fsp3) is 0.300. The van der Waals surface area contributed by atoms with Gasteiger partial charge in [-0.2, -0.15) is 0 Å². The van der Waals surface area contributed by atoms with E-state index < -0.39 is 25.1 Å². The minimum atomic E-state index is -2.55. The number of benzene rings is 2. The van der Waals surface area contributed by atoms with Gasteiger partial charge < -0.3 is 14.6 Å². The number of halogens is 1. The van der Waals surface area contributed by atoms with E-state index in [0.29, 0.717) is 48.5 Å². The number of rotatable bonds is 7. The second-order valence-electron chi connectivity index (χ2n) is 10.6. The normalized spacial score (nSPS) is 20.7. The standard InChI is InChI=1S/C30H28FN9O3/c1-38-27(35-36-37-38)26(18-5-3-2-4-6-18)39-11-13-40(14-12-39)30(42)24-15-19(9-10-32-24)29-34-23-16-20(7-8-25(23)43-29)33-28(41)21-17-22(21)31/h2-10,15-16,21-22,26H,11-14,17H2,1H3,(H,33,41)/t21?,22-,26-/m0/s1/i1D3. The molecule has 12 nitrogen and oxygen atoms in total. The van der Waals surface area contributed by atoms with Crippen molar-refractivity contribution >= 4 is 28.6 Å². The first-order valence-electron chi connectivity index (χ1n) is 15.3. The number of pyridine rings is 1. The maximum atomic E-state index is 13.6. The number of alkyl halides is 1. The molecular formula is C30H28FN9O3. The molecule has 0 spiro atoms. The molecule has 1 saturated heterocycles. The predicted octanol–water partition coefficient (Wildman–Crippen LogP) is 3.26. The van der Waals surface area contributed by atoms with Crippen LogP contribution < -0.4 is 5.32 Å². The van der Waals surface area contributed by atoms with Gasteiger partial charge in [-0.05, 0) is 52.7 Å². The maximum Gasteiger partial charge on any atom is 0.272 e. The first kappa shape index (κ1) is 23.5. The summed E-state index contributed by atoms with van der Waals surface area (Å²) in [6.07, 6.45) is 0.668. The first-order valence-corrected chi connectivity index (χ1v) is 13.8. The highest BCUT2D eigenvalue weighted by molar-refractivity contribution is 5.96. The minimum absolute atomic E-state index is 0.199. The Morgan fingerprint density at radius 3 is 2.67 bits per heavy atom. The number of aryl methyl sites for hydroxylation is 1. The predicted molar refractivity (Wildman–Crippen MR) is 153 cm³/mol. The Bertz CT molecular complexity index is 1910. The zero-order chi connectivity index (χ0) is 32.0. The van der Waals surface area contributed by atoms with Crippen LogP contribution >= 0.6 is 0 Å². The van der Waals surface area contributed by atoms with Crippen molar-refractivity contribution < 1.29 is 22.5 Å². The molecule has 1 saturated carbocycles. The molecule has 1 aliphatic heterocycles. The molecule has 3 aromatic heterocycles. The number of oxazole rings is 1. The number of carbonyl (C=O) groups excluding carboxylic acids is 2. The zero-order valence-corrected chi connectivity index (χ0v) is 22.8. The van der Waals surface area contributed by atoms with Crippen molar-refractivity contribution in [2.45, 2.75) is 18.6 Å². The summed E-state index contributed by atoms with van der Waals surface area (Å²) in [5.74, 6) is -0.754. The lowest BCUT2D eigenvalue weighted by molar-refractivity contribution is -0.117. The highest BCUT2D eigenvalue weighted by Gasteiger charge is 2.43. The number of nitrogens with one attached hydrogen (secondary N) is 1. The van der Waals surface area contributed by atoms with Gasteiger partial charge in [0.2, 0.25) is 11.8 Å². The molecular weight excluding hydrogens is 553 g/mol. The van der Waals surface area contributed by atoms with Gasteiger partial charge in [0.25, 0.3) is 5.91 Å². The second-order valence-corrected chi connectivity index (χ2v) is 10.6. The van der Waals surface area contributed by atoms with Crippen molar-refractivity contribution in [3.8, 4) is 11.5 Å². The fourth-order valence-electron chi connectivity index (χ4n) is 5.35. The van der Waals surface area contributed by atoms with Crippen LogP contribution in [-0.2, 0) is 11.8 Å². The molecule has 3 atom stereocenters. The first-order chi connectivity index (χ1) is 22.2. The van der Waals surface area contributed by atoms with E-state index in [-0.39, 0.29) is 35.6 Å². The quantitative estimate of drug-likeness (QED) is 0.306. The van der Waals surface area contributed by atoms with E-state index in [2.05, 4.69) is 35.7 Å². The third-order valence-electron chi connectivity index (χ3n) is 7.75. The number of fused-ring (bicyclic) bond motifs is 1. The van der Waals surface area contributed by atoms with E-state index >= 15 is 0 Å². The van der Waals surface area contributed by atoms with Crippen molar-refractivity contribution in [1.82, 2.24) is 40.0 Å². The maximum absolute atomic E-state index is 13.6. The summed E-state index contributed by atoms with van der Waals surface area (Å²) in [5.41, 5.74) is 3.08. The van der Waals surface area contributed by atoms with Crippen molar-refractivity contribution in [1.29, 1.82) is 0 Å². The number of hydrogen-bond acceptors (Lipinski definition) is 9. The molecule has 1 unspecified atom stereocenters. The number of aromatic nitrogens is 6. The van der Waals surface area contributed by atoms with Gasteiger partial charge in [-0.25, -0.2) is 14.1 Å². The fourth-order valence-corrected chi connectivity index (χ4v) is 5.35. The molecule has 43 heavy (non-hydrogen) atoms. The van der Waals surface area contributed by atoms with Crippen molar-refractivity contribution in [3.63, 3.8) is 0 Å². The molecule has 0 radical (unpaired) electrons. The molecule has 1 N–H and O–H groups in total. The third-order valence-corrected chi connectivity index (χ3v) is 7.75. The van der Waals surface area contributed by atoms with Gasteiger partial charge in [-0.1, -0.05) is 30.3 Å². The van der Waals surface area contributed by atoms with Crippen LogP contribution in [0.4, 0.5) is 10.1 Å². The number of hydrogen-bond donors (Lipinski definition) is 1. The van der Waals surface area contributed by atoms with Crippen molar-refractivity contribution in [2.24, 2.45) is 12.9 Å². The van der Waals surface area contributed by atoms with Gasteiger partial charge in [0.1, 0.15) is 17.4 Å². The van der Waals surface area contributed by atoms with E-state index in [9.17, 15) is 14.0 Å². The zero-order valence-electron chi connectivity index (χ0n) is 25.8. The summed E-state index contributed by atoms with van der Waals surface area (Å²) < 4.78 is 43.7. The van der Waals surface area contributed by atoms with Crippen LogP contribution in [-0.4, -0.2) is 84.1 Å². The Hall–Kier alpha value is -5.04. The topological polar surface area (TPSA) is 135 Å². The van der Waals surface area contributed by atoms with Gasteiger partial charge >= 0.3 is 0 Å². The number of amides is 2. The third kappa shape index (κ3) is 5.34. The Balaban J connectivity index is 1.06. The van der Waals surface area contributed by atoms with E-state index in [1.807, 2.05) is 30.3 Å². The molecule has 7 rings (SSSR count). The summed E-state index contributed by atoms with van der Waals surface area (Å²) in [6.45, 7) is -0.940. The lowest BCUT2D eigenvalue weighted by Gasteiger charge is -2.38. The molecule has 2 amide bonds. The number of carbonyl (C=O) groups is 2. The van der Waals surface area contributed by atoms with Crippen molar-refractivity contribution in [2.75, 3.05) is 31.5 Å². The Labute approximate surface area is 249 Å². The van der Waals surface area contributed by atoms with Gasteiger partial charge in [0, 0.05) is 54.7 Å². The lowest BCUT2D eigenvalue weighted by Crippen LogP contribution is -2.50. The largest absolute Gasteiger partial charge is 0.436 e. The Morgan fingerprint density at radius 2 is 1.91 bits per heavy atom. The SMILES string of the molecule is [2H]C([2H])([2H])n1nnnc1[C@H](c1ccccc1)N1CCN(C(=O)c2cc(-c3nc4cc(NC(=O)C5C[C@@H]5F)ccc4o3)ccn2)CC1. The number of piperazine rings is 1. The number of tetrazole rings is 1. The summed E-state index contributed by atoms with van der Waals surface area (Å²) in [5, 5.41) is 14.2. The lowest BCUT2D eigenvalue weighted by atomic mass is 10.0. The number of nitrogens with zero attached hydrogens (tertiary/aromatic N) is 8. The van der Waals surface area contributed by atoms with Crippen LogP contribution in [0.5, 0.6) is 0 Å². The Morgan fingerprint density at radius 1 is 1.09 bits per heavy atom. The summed E-state index contributed by atoms with van der Waals surface area (Å²) in [7, 11) is 0. The molecule has 13 heteroatoms. The smallest absolute Gasteiger partial charge is 0.272 e. The molecule has 0 bridgehead atoms. The van der Waals surface area contributed by atoms with Crippen molar-refractivity contribution in [3.05, 3.63) is 83.9 Å². The summed E-state index contributed by atoms with van der Waals surface area (Å²) >= 11 is 0. The minimum Gasteiger partial charge on any atom is -0.436 e. The molecule has 2 fully saturated rings. The van der Waals surface area contributed by atoms with Crippen LogP contribution in [0.1, 0.15) is 38.5 Å². The van der Waals surface area contributed by atoms with Gasteiger partial charge in [-0.3, -0.25) is 19.5 Å². The Kier molecular flexibility index (Phi) is 6.01. The highest BCUT2D eigenvalue weighted by Crippen LogP contribution is 2.35. The van der Waals surface area contributed by atoms with Crippen LogP contribution in [0.25, 0.3) is 22.6 Å². The number of anilines is 1. The monoisotopic (exact) mass is 584 g/mol. The molecule has 1 aliphatic carbocycles. The van der Waals surface area contributed by atoms with Gasteiger partial charge in [-0.15, -0.1) is 5.10 Å². The van der Waals surface area contributed by atoms with Crippen LogP contribution in [0.3, 0.4) is 0 Å². The van der Waals surface area contributed by atoms with Gasteiger partial charge in [0.05, 0.1) is 12.0 Å². The van der Waals surface area contributed by atoms with E-state index in [4.69, 9.17) is 8.53 Å².